The third-order valence-electron chi connectivity index (χ3n) is 7.42. The second-order valence-corrected chi connectivity index (χ2v) is 9.49. The van der Waals surface area contributed by atoms with Crippen LogP contribution in [0.3, 0.4) is 0 Å². The Balaban J connectivity index is 1.49. The number of alkyl carbamates (subject to hydrolysis) is 1. The monoisotopic (exact) mass is 506 g/mol. The van der Waals surface area contributed by atoms with E-state index >= 15 is 0 Å². The summed E-state index contributed by atoms with van der Waals surface area (Å²) < 4.78 is 38.8. The van der Waals surface area contributed by atoms with Crippen LogP contribution in [0.25, 0.3) is 11.1 Å². The molecule has 192 valence electrons. The topological polar surface area (TPSA) is 76.7 Å². The highest BCUT2D eigenvalue weighted by molar-refractivity contribution is 5.95. The van der Waals surface area contributed by atoms with Gasteiger partial charge in [0.1, 0.15) is 5.60 Å². The fourth-order valence-electron chi connectivity index (χ4n) is 5.63. The Bertz CT molecular complexity index is 1380. The first-order valence-electron chi connectivity index (χ1n) is 12.3. The standard InChI is InChI=1S/C29H28F2N2O4/c1-17-13-19(21-6-4-3-5-18(21)9-11-33-28(35)36-2)7-8-20(17)24-16-32-12-10-29(24)23-15-26(31)25(30)14-22(23)27(34)37-29/h3-8,13-15,24,32H,9-12,16H2,1-2H3,(H,33,35)/t24-,29+/m1/s1. The van der Waals surface area contributed by atoms with Crippen molar-refractivity contribution in [2.45, 2.75) is 31.3 Å². The quantitative estimate of drug-likeness (QED) is 0.478. The molecule has 2 atom stereocenters. The predicted octanol–water partition coefficient (Wildman–Crippen LogP) is 4.98. The van der Waals surface area contributed by atoms with Gasteiger partial charge in [0.2, 0.25) is 0 Å². The van der Waals surface area contributed by atoms with Gasteiger partial charge in [0.15, 0.2) is 11.6 Å². The number of benzene rings is 3. The molecule has 8 heteroatoms. The fraction of sp³-hybridized carbons (Fsp3) is 0.310. The molecule has 0 bridgehead atoms. The normalized spacial score (nSPS) is 20.4. The molecule has 1 amide bonds. The SMILES string of the molecule is COC(=O)NCCc1ccccc1-c1ccc([C@H]2CNCC[C@@]23OC(=O)c2cc(F)c(F)cc23)c(C)c1. The van der Waals surface area contributed by atoms with Gasteiger partial charge in [0.05, 0.1) is 12.7 Å². The Hall–Kier alpha value is -3.78. The van der Waals surface area contributed by atoms with Crippen LogP contribution < -0.4 is 10.6 Å². The van der Waals surface area contributed by atoms with Gasteiger partial charge in [-0.1, -0.05) is 42.5 Å². The van der Waals surface area contributed by atoms with E-state index in [1.54, 1.807) is 0 Å². The maximum Gasteiger partial charge on any atom is 0.406 e. The highest BCUT2D eigenvalue weighted by Gasteiger charge is 2.53. The summed E-state index contributed by atoms with van der Waals surface area (Å²) in [5, 5.41) is 6.08. The molecule has 5 rings (SSSR count). The average molecular weight is 507 g/mol. The van der Waals surface area contributed by atoms with E-state index in [2.05, 4.69) is 21.4 Å². The number of hydrogen-bond acceptors (Lipinski definition) is 5. The Kier molecular flexibility index (Phi) is 6.69. The van der Waals surface area contributed by atoms with E-state index in [-0.39, 0.29) is 11.5 Å². The third-order valence-corrected chi connectivity index (χ3v) is 7.42. The van der Waals surface area contributed by atoms with E-state index in [4.69, 9.17) is 4.74 Å². The van der Waals surface area contributed by atoms with Crippen molar-refractivity contribution in [2.75, 3.05) is 26.7 Å². The number of amides is 1. The number of carbonyl (C=O) groups is 2. The van der Waals surface area contributed by atoms with E-state index < -0.39 is 29.3 Å². The Labute approximate surface area is 214 Å². The van der Waals surface area contributed by atoms with Gasteiger partial charge in [-0.25, -0.2) is 18.4 Å². The summed E-state index contributed by atoms with van der Waals surface area (Å²) in [6.45, 7) is 3.57. The molecule has 0 radical (unpaired) electrons. The van der Waals surface area contributed by atoms with Crippen LogP contribution in [0.15, 0.2) is 54.6 Å². The lowest BCUT2D eigenvalue weighted by Crippen LogP contribution is -2.47. The van der Waals surface area contributed by atoms with Crippen molar-refractivity contribution in [3.63, 3.8) is 0 Å². The predicted molar refractivity (Wildman–Crippen MR) is 134 cm³/mol. The Morgan fingerprint density at radius 1 is 1.14 bits per heavy atom. The van der Waals surface area contributed by atoms with Crippen LogP contribution in [0.4, 0.5) is 13.6 Å². The average Bonchev–Trinajstić information content (AvgIpc) is 3.15. The number of nitrogens with one attached hydrogen (secondary N) is 2. The van der Waals surface area contributed by atoms with Crippen LogP contribution in [0.1, 0.15) is 45.0 Å². The molecule has 3 aromatic rings. The van der Waals surface area contributed by atoms with Crippen LogP contribution in [0, 0.1) is 18.6 Å². The number of fused-ring (bicyclic) bond motifs is 2. The summed E-state index contributed by atoms with van der Waals surface area (Å²) in [7, 11) is 1.33. The maximum absolute atomic E-state index is 14.3. The number of hydrogen-bond donors (Lipinski definition) is 2. The van der Waals surface area contributed by atoms with Crippen molar-refractivity contribution in [3.8, 4) is 11.1 Å². The number of ether oxygens (including phenoxy) is 2. The molecule has 1 fully saturated rings. The molecule has 2 heterocycles. The highest BCUT2D eigenvalue weighted by atomic mass is 19.2. The second kappa shape index (κ2) is 9.94. The summed E-state index contributed by atoms with van der Waals surface area (Å²) in [6.07, 6.45) is 0.624. The molecule has 2 N–H and O–H groups in total. The first kappa shape index (κ1) is 24.9. The molecule has 37 heavy (non-hydrogen) atoms. The lowest BCUT2D eigenvalue weighted by Gasteiger charge is -2.41. The molecule has 2 aliphatic heterocycles. The van der Waals surface area contributed by atoms with Crippen LogP contribution in [0.5, 0.6) is 0 Å². The number of carbonyl (C=O) groups excluding carboxylic acids is 2. The van der Waals surface area contributed by atoms with Gasteiger partial charge in [0.25, 0.3) is 0 Å². The Morgan fingerprint density at radius 3 is 2.70 bits per heavy atom. The molecule has 0 unspecified atom stereocenters. The molecule has 0 aromatic heterocycles. The molecule has 2 aliphatic rings. The Morgan fingerprint density at radius 2 is 1.92 bits per heavy atom. The van der Waals surface area contributed by atoms with Crippen molar-refractivity contribution in [3.05, 3.63) is 94.0 Å². The third kappa shape index (κ3) is 4.46. The van der Waals surface area contributed by atoms with E-state index in [0.717, 1.165) is 39.9 Å². The summed E-state index contributed by atoms with van der Waals surface area (Å²) in [6, 6.07) is 16.2. The van der Waals surface area contributed by atoms with Crippen molar-refractivity contribution < 1.29 is 27.8 Å². The molecule has 1 spiro atoms. The molecule has 6 nitrogen and oxygen atoms in total. The van der Waals surface area contributed by atoms with Crippen LogP contribution in [-0.4, -0.2) is 38.8 Å². The van der Waals surface area contributed by atoms with E-state index in [1.807, 2.05) is 43.3 Å². The van der Waals surface area contributed by atoms with Gasteiger partial charge in [0, 0.05) is 31.0 Å². The van der Waals surface area contributed by atoms with Crippen molar-refractivity contribution in [2.24, 2.45) is 0 Å². The summed E-state index contributed by atoms with van der Waals surface area (Å²) >= 11 is 0. The second-order valence-electron chi connectivity index (χ2n) is 9.49. The van der Waals surface area contributed by atoms with Gasteiger partial charge in [-0.15, -0.1) is 0 Å². The zero-order chi connectivity index (χ0) is 26.2. The minimum absolute atomic E-state index is 0.0922. The van der Waals surface area contributed by atoms with E-state index in [9.17, 15) is 18.4 Å². The minimum atomic E-state index is -1.06. The molecular formula is C29H28F2N2O4. The molecule has 1 saturated heterocycles. The van der Waals surface area contributed by atoms with Crippen molar-refractivity contribution in [1.29, 1.82) is 0 Å². The highest BCUT2D eigenvalue weighted by Crippen LogP contribution is 2.51. The van der Waals surface area contributed by atoms with Gasteiger partial charge in [-0.2, -0.15) is 0 Å². The van der Waals surface area contributed by atoms with Crippen molar-refractivity contribution in [1.82, 2.24) is 10.6 Å². The van der Waals surface area contributed by atoms with Crippen LogP contribution >= 0.6 is 0 Å². The first-order valence-corrected chi connectivity index (χ1v) is 12.3. The number of halogens is 2. The molecule has 0 saturated carbocycles. The minimum Gasteiger partial charge on any atom is -0.453 e. The zero-order valence-corrected chi connectivity index (χ0v) is 20.7. The summed E-state index contributed by atoms with van der Waals surface area (Å²) in [5.74, 6) is -2.94. The van der Waals surface area contributed by atoms with Gasteiger partial charge in [-0.05, 0) is 59.8 Å². The molecule has 3 aromatic carbocycles. The van der Waals surface area contributed by atoms with Crippen molar-refractivity contribution >= 4 is 12.1 Å². The summed E-state index contributed by atoms with van der Waals surface area (Å²) in [5.41, 5.74) is 4.57. The van der Waals surface area contributed by atoms with Crippen LogP contribution in [0.2, 0.25) is 0 Å². The number of piperidine rings is 1. The van der Waals surface area contributed by atoms with Gasteiger partial charge < -0.3 is 20.1 Å². The van der Waals surface area contributed by atoms with Gasteiger partial charge in [-0.3, -0.25) is 0 Å². The molecular weight excluding hydrogens is 478 g/mol. The number of aryl methyl sites for hydroxylation is 1. The lowest BCUT2D eigenvalue weighted by atomic mass is 9.72. The first-order chi connectivity index (χ1) is 17.8. The van der Waals surface area contributed by atoms with Gasteiger partial charge >= 0.3 is 12.1 Å². The lowest BCUT2D eigenvalue weighted by molar-refractivity contribution is -0.0374. The number of rotatable bonds is 5. The fourth-order valence-corrected chi connectivity index (χ4v) is 5.63. The number of methoxy groups -OCH3 is 1. The van der Waals surface area contributed by atoms with E-state index in [0.29, 0.717) is 38.0 Å². The maximum atomic E-state index is 14.3. The summed E-state index contributed by atoms with van der Waals surface area (Å²) in [4.78, 5) is 24.1. The number of esters is 1. The van der Waals surface area contributed by atoms with Crippen LogP contribution in [-0.2, 0) is 21.5 Å². The smallest absolute Gasteiger partial charge is 0.406 e. The van der Waals surface area contributed by atoms with E-state index in [1.165, 1.54) is 7.11 Å². The zero-order valence-electron chi connectivity index (χ0n) is 20.7. The molecule has 0 aliphatic carbocycles. The largest absolute Gasteiger partial charge is 0.453 e.